The van der Waals surface area contributed by atoms with Crippen molar-refractivity contribution in [2.24, 2.45) is 5.73 Å². The highest BCUT2D eigenvalue weighted by atomic mass is 16.5. The van der Waals surface area contributed by atoms with Crippen LogP contribution < -0.4 is 26.0 Å². The molecule has 2 aliphatic rings. The van der Waals surface area contributed by atoms with Gasteiger partial charge in [-0.25, -0.2) is 0 Å². The molecule has 3 aromatic carbocycles. The van der Waals surface area contributed by atoms with Crippen LogP contribution in [-0.4, -0.2) is 68.0 Å². The number of amides is 3. The Balaban J connectivity index is 1.31. The van der Waals surface area contributed by atoms with E-state index in [-0.39, 0.29) is 35.2 Å². The number of nitrogens with zero attached hydrogens (tertiary/aromatic N) is 2. The minimum atomic E-state index is -0.242. The lowest BCUT2D eigenvalue weighted by molar-refractivity contribution is -0.130. The van der Waals surface area contributed by atoms with Crippen LogP contribution in [0.15, 0.2) is 66.7 Å². The summed E-state index contributed by atoms with van der Waals surface area (Å²) in [6, 6.07) is 21.0. The normalized spacial score (nSPS) is 18.5. The van der Waals surface area contributed by atoms with Gasteiger partial charge < -0.3 is 30.9 Å². The highest BCUT2D eigenvalue weighted by Gasteiger charge is 2.26. The van der Waals surface area contributed by atoms with Crippen LogP contribution in [0.5, 0.6) is 5.75 Å². The number of hydrogen-bond donors (Lipinski definition) is 3. The Morgan fingerprint density at radius 1 is 0.826 bits per heavy atom. The molecule has 1 saturated carbocycles. The summed E-state index contributed by atoms with van der Waals surface area (Å²) in [7, 11) is 1.62. The molecule has 3 aromatic rings. The zero-order chi connectivity index (χ0) is 32.8. The predicted molar refractivity (Wildman–Crippen MR) is 183 cm³/mol. The van der Waals surface area contributed by atoms with Crippen LogP contribution in [0.2, 0.25) is 0 Å². The molecule has 9 heteroatoms. The number of piperazine rings is 1. The zero-order valence-corrected chi connectivity index (χ0v) is 27.5. The fourth-order valence-corrected chi connectivity index (χ4v) is 6.13. The van der Waals surface area contributed by atoms with Crippen LogP contribution in [-0.2, 0) is 16.6 Å². The first-order chi connectivity index (χ1) is 22.0. The molecule has 0 unspecified atom stereocenters. The largest absolute Gasteiger partial charge is 0.497 e. The number of nitrogens with two attached hydrogens (primary N) is 1. The van der Waals surface area contributed by atoms with Crippen molar-refractivity contribution < 1.29 is 19.1 Å². The van der Waals surface area contributed by atoms with Crippen molar-refractivity contribution in [2.75, 3.05) is 43.5 Å². The summed E-state index contributed by atoms with van der Waals surface area (Å²) in [5.41, 5.74) is 10.5. The van der Waals surface area contributed by atoms with Crippen LogP contribution in [0.4, 0.5) is 11.4 Å². The first kappa shape index (κ1) is 33.0. The molecular weight excluding hydrogens is 578 g/mol. The first-order valence-corrected chi connectivity index (χ1v) is 16.3. The molecule has 4 N–H and O–H groups in total. The zero-order valence-electron chi connectivity index (χ0n) is 27.5. The number of ether oxygens (including phenoxy) is 1. The Kier molecular flexibility index (Phi) is 10.3. The van der Waals surface area contributed by atoms with Gasteiger partial charge in [-0.1, -0.05) is 45.0 Å². The molecule has 0 radical (unpaired) electrons. The molecule has 1 heterocycles. The van der Waals surface area contributed by atoms with Crippen molar-refractivity contribution in [1.29, 1.82) is 0 Å². The predicted octanol–water partition coefficient (Wildman–Crippen LogP) is 5.14. The van der Waals surface area contributed by atoms with Gasteiger partial charge in [-0.2, -0.15) is 0 Å². The lowest BCUT2D eigenvalue weighted by Crippen LogP contribution is -2.49. The number of hydrogen-bond acceptors (Lipinski definition) is 6. The van der Waals surface area contributed by atoms with Gasteiger partial charge in [-0.05, 0) is 84.7 Å². The van der Waals surface area contributed by atoms with Gasteiger partial charge in [0.05, 0.1) is 24.9 Å². The quantitative estimate of drug-likeness (QED) is 0.319. The number of carbonyl (C=O) groups excluding carboxylic acids is 3. The molecule has 244 valence electrons. The monoisotopic (exact) mass is 625 g/mol. The topological polar surface area (TPSA) is 117 Å². The van der Waals surface area contributed by atoms with E-state index in [2.05, 4.69) is 36.3 Å². The van der Waals surface area contributed by atoms with Gasteiger partial charge in [-0.3, -0.25) is 14.4 Å². The third-order valence-corrected chi connectivity index (χ3v) is 9.11. The summed E-state index contributed by atoms with van der Waals surface area (Å²) in [6.45, 7) is 8.74. The minimum Gasteiger partial charge on any atom is -0.497 e. The third-order valence-electron chi connectivity index (χ3n) is 9.11. The van der Waals surface area contributed by atoms with Crippen molar-refractivity contribution in [3.8, 4) is 5.75 Å². The molecule has 3 amide bonds. The molecule has 0 atom stereocenters. The molecule has 9 nitrogen and oxygen atoms in total. The van der Waals surface area contributed by atoms with E-state index in [0.717, 1.165) is 48.2 Å². The Labute approximate surface area is 272 Å². The molecule has 1 aliphatic heterocycles. The SMILES string of the molecule is COc1ccc(CC(=O)N2CCN(c3ccc(C(=O)NC4CCC(N)CC4)cc3NC(=O)c3ccc(C(C)(C)C)cc3)CC2)cc1. The van der Waals surface area contributed by atoms with Gasteiger partial charge >= 0.3 is 0 Å². The molecule has 0 spiro atoms. The summed E-state index contributed by atoms with van der Waals surface area (Å²) in [5, 5.41) is 6.25. The average molecular weight is 626 g/mol. The lowest BCUT2D eigenvalue weighted by Gasteiger charge is -2.37. The Morgan fingerprint density at radius 3 is 2.07 bits per heavy atom. The van der Waals surface area contributed by atoms with Crippen LogP contribution in [0.1, 0.15) is 78.3 Å². The maximum atomic E-state index is 13.5. The Hall–Kier alpha value is -4.37. The van der Waals surface area contributed by atoms with Gasteiger partial charge in [-0.15, -0.1) is 0 Å². The fraction of sp³-hybridized carbons (Fsp3) is 0.432. The number of methoxy groups -OCH3 is 1. The van der Waals surface area contributed by atoms with Gasteiger partial charge in [0.1, 0.15) is 5.75 Å². The summed E-state index contributed by atoms with van der Waals surface area (Å²) in [5.74, 6) is 0.435. The summed E-state index contributed by atoms with van der Waals surface area (Å²) >= 11 is 0. The number of rotatable bonds is 8. The van der Waals surface area contributed by atoms with E-state index in [4.69, 9.17) is 10.5 Å². The van der Waals surface area contributed by atoms with Crippen LogP contribution in [0, 0.1) is 0 Å². The van der Waals surface area contributed by atoms with Crippen molar-refractivity contribution in [3.63, 3.8) is 0 Å². The van der Waals surface area contributed by atoms with Crippen molar-refractivity contribution in [1.82, 2.24) is 10.2 Å². The summed E-state index contributed by atoms with van der Waals surface area (Å²) < 4.78 is 5.22. The number of benzene rings is 3. The molecule has 1 aliphatic carbocycles. The Bertz CT molecular complexity index is 1510. The smallest absolute Gasteiger partial charge is 0.255 e. The minimum absolute atomic E-state index is 0.0224. The number of carbonyl (C=O) groups is 3. The summed E-state index contributed by atoms with van der Waals surface area (Å²) in [4.78, 5) is 43.9. The maximum Gasteiger partial charge on any atom is 0.255 e. The lowest BCUT2D eigenvalue weighted by atomic mass is 9.86. The molecule has 5 rings (SSSR count). The fourth-order valence-electron chi connectivity index (χ4n) is 6.13. The molecular formula is C37H47N5O4. The van der Waals surface area contributed by atoms with E-state index in [9.17, 15) is 14.4 Å². The second-order valence-electron chi connectivity index (χ2n) is 13.5. The van der Waals surface area contributed by atoms with E-state index in [0.29, 0.717) is 49.4 Å². The van der Waals surface area contributed by atoms with Gasteiger partial charge in [0, 0.05) is 49.4 Å². The standard InChI is InChI=1S/C37H47N5O4/c1-37(2,3)28-10-7-26(8-11-28)35(44)40-32-24-27(36(45)39-30-14-12-29(38)13-15-30)9-18-33(32)41-19-21-42(22-20-41)34(43)23-25-5-16-31(46-4)17-6-25/h5-11,16-18,24,29-30H,12-15,19-23,38H2,1-4H3,(H,39,45)(H,40,44). The van der Waals surface area contributed by atoms with Crippen LogP contribution >= 0.6 is 0 Å². The number of anilines is 2. The molecule has 0 aromatic heterocycles. The summed E-state index contributed by atoms with van der Waals surface area (Å²) in [6.07, 6.45) is 3.85. The van der Waals surface area contributed by atoms with Crippen molar-refractivity contribution in [2.45, 2.75) is 70.4 Å². The third kappa shape index (κ3) is 8.26. The highest BCUT2D eigenvalue weighted by molar-refractivity contribution is 6.07. The average Bonchev–Trinajstić information content (AvgIpc) is 3.06. The van der Waals surface area contributed by atoms with Gasteiger partial charge in [0.15, 0.2) is 0 Å². The van der Waals surface area contributed by atoms with E-state index in [1.54, 1.807) is 13.2 Å². The van der Waals surface area contributed by atoms with Gasteiger partial charge in [0.25, 0.3) is 11.8 Å². The van der Waals surface area contributed by atoms with E-state index < -0.39 is 0 Å². The van der Waals surface area contributed by atoms with E-state index in [1.807, 2.05) is 65.6 Å². The van der Waals surface area contributed by atoms with E-state index >= 15 is 0 Å². The molecule has 2 fully saturated rings. The van der Waals surface area contributed by atoms with Crippen molar-refractivity contribution >= 4 is 29.1 Å². The first-order valence-electron chi connectivity index (χ1n) is 16.3. The number of nitrogens with one attached hydrogen (secondary N) is 2. The van der Waals surface area contributed by atoms with Gasteiger partial charge in [0.2, 0.25) is 5.91 Å². The molecule has 46 heavy (non-hydrogen) atoms. The van der Waals surface area contributed by atoms with Crippen LogP contribution in [0.25, 0.3) is 0 Å². The van der Waals surface area contributed by atoms with Crippen molar-refractivity contribution in [3.05, 3.63) is 89.0 Å². The van der Waals surface area contributed by atoms with Crippen LogP contribution in [0.3, 0.4) is 0 Å². The maximum absolute atomic E-state index is 13.5. The molecule has 1 saturated heterocycles. The highest BCUT2D eigenvalue weighted by Crippen LogP contribution is 2.30. The molecule has 0 bridgehead atoms. The van der Waals surface area contributed by atoms with E-state index in [1.165, 1.54) is 0 Å². The second-order valence-corrected chi connectivity index (χ2v) is 13.5. The second kappa shape index (κ2) is 14.4. The Morgan fingerprint density at radius 2 is 1.46 bits per heavy atom.